The number of amides is 2. The van der Waals surface area contributed by atoms with Gasteiger partial charge in [-0.2, -0.15) is 0 Å². The molecule has 184 valence electrons. The Kier molecular flexibility index (Phi) is 9.67. The maximum atomic E-state index is 14.1. The molecular weight excluding hydrogens is 467 g/mol. The van der Waals surface area contributed by atoms with Crippen molar-refractivity contribution in [2.45, 2.75) is 32.9 Å². The summed E-state index contributed by atoms with van der Waals surface area (Å²) in [5.41, 5.74) is 1.68. The third-order valence-electron chi connectivity index (χ3n) is 5.39. The first-order valence-corrected chi connectivity index (χ1v) is 11.9. The fourth-order valence-electron chi connectivity index (χ4n) is 3.59. The van der Waals surface area contributed by atoms with Gasteiger partial charge >= 0.3 is 0 Å². The number of halogens is 2. The molecule has 0 aliphatic carbocycles. The molecule has 1 unspecified atom stereocenters. The maximum absolute atomic E-state index is 14.1. The predicted molar refractivity (Wildman–Crippen MR) is 136 cm³/mol. The molecule has 2 amide bonds. The van der Waals surface area contributed by atoms with Crippen LogP contribution >= 0.6 is 11.6 Å². The third-order valence-corrected chi connectivity index (χ3v) is 5.62. The van der Waals surface area contributed by atoms with E-state index in [2.05, 4.69) is 5.32 Å². The van der Waals surface area contributed by atoms with E-state index in [9.17, 15) is 14.0 Å². The molecular formula is C28H30ClFN2O3. The molecule has 35 heavy (non-hydrogen) atoms. The van der Waals surface area contributed by atoms with E-state index in [0.29, 0.717) is 18.0 Å². The smallest absolute Gasteiger partial charge is 0.261 e. The first-order chi connectivity index (χ1) is 16.8. The van der Waals surface area contributed by atoms with Crippen molar-refractivity contribution >= 4 is 23.4 Å². The van der Waals surface area contributed by atoms with Gasteiger partial charge in [0.15, 0.2) is 18.2 Å². The first-order valence-electron chi connectivity index (χ1n) is 11.6. The number of rotatable bonds is 11. The van der Waals surface area contributed by atoms with E-state index in [0.717, 1.165) is 11.1 Å². The lowest BCUT2D eigenvalue weighted by molar-refractivity contribution is -0.142. The number of carbonyl (C=O) groups is 2. The second-order valence-corrected chi connectivity index (χ2v) is 9.15. The molecule has 1 atom stereocenters. The highest BCUT2D eigenvalue weighted by Crippen LogP contribution is 2.19. The normalized spacial score (nSPS) is 11.7. The van der Waals surface area contributed by atoms with Crippen LogP contribution in [0.4, 0.5) is 4.39 Å². The maximum Gasteiger partial charge on any atom is 0.261 e. The Bertz CT molecular complexity index is 1120. The molecule has 0 aliphatic heterocycles. The van der Waals surface area contributed by atoms with Gasteiger partial charge in [-0.25, -0.2) is 4.39 Å². The molecule has 0 saturated carbocycles. The van der Waals surface area contributed by atoms with E-state index in [-0.39, 0.29) is 24.1 Å². The van der Waals surface area contributed by atoms with Gasteiger partial charge in [0.2, 0.25) is 5.91 Å². The number of hydrogen-bond acceptors (Lipinski definition) is 3. The van der Waals surface area contributed by atoms with Gasteiger partial charge in [-0.05, 0) is 41.3 Å². The molecule has 1 N–H and O–H groups in total. The fourth-order valence-corrected chi connectivity index (χ4v) is 3.81. The van der Waals surface area contributed by atoms with E-state index in [4.69, 9.17) is 16.3 Å². The summed E-state index contributed by atoms with van der Waals surface area (Å²) >= 11 is 6.17. The van der Waals surface area contributed by atoms with Crippen LogP contribution in [0.3, 0.4) is 0 Å². The van der Waals surface area contributed by atoms with Crippen molar-refractivity contribution in [1.82, 2.24) is 10.2 Å². The number of hydrogen-bond donors (Lipinski definition) is 1. The monoisotopic (exact) mass is 496 g/mol. The Hall–Kier alpha value is -3.38. The number of carbonyl (C=O) groups excluding carboxylic acids is 2. The molecule has 0 radical (unpaired) electrons. The van der Waals surface area contributed by atoms with Gasteiger partial charge in [0.1, 0.15) is 6.04 Å². The van der Waals surface area contributed by atoms with Crippen LogP contribution in [0.5, 0.6) is 5.75 Å². The van der Waals surface area contributed by atoms with Gasteiger partial charge in [0.05, 0.1) is 0 Å². The molecule has 5 nitrogen and oxygen atoms in total. The molecule has 0 fully saturated rings. The summed E-state index contributed by atoms with van der Waals surface area (Å²) in [4.78, 5) is 28.3. The highest BCUT2D eigenvalue weighted by molar-refractivity contribution is 6.30. The summed E-state index contributed by atoms with van der Waals surface area (Å²) in [6.45, 7) is 4.22. The van der Waals surface area contributed by atoms with Crippen molar-refractivity contribution in [2.24, 2.45) is 5.92 Å². The summed E-state index contributed by atoms with van der Waals surface area (Å²) < 4.78 is 19.5. The van der Waals surface area contributed by atoms with Crippen molar-refractivity contribution < 1.29 is 18.7 Å². The van der Waals surface area contributed by atoms with Gasteiger partial charge in [-0.1, -0.05) is 80.0 Å². The first kappa shape index (κ1) is 26.2. The van der Waals surface area contributed by atoms with Crippen LogP contribution in [0.1, 0.15) is 25.0 Å². The van der Waals surface area contributed by atoms with Crippen LogP contribution in [0, 0.1) is 11.7 Å². The molecule has 0 spiro atoms. The summed E-state index contributed by atoms with van der Waals surface area (Å²) in [6, 6.07) is 21.8. The van der Waals surface area contributed by atoms with Crippen molar-refractivity contribution in [3.63, 3.8) is 0 Å². The van der Waals surface area contributed by atoms with Gasteiger partial charge < -0.3 is 15.0 Å². The lowest BCUT2D eigenvalue weighted by Crippen LogP contribution is -2.52. The predicted octanol–water partition coefficient (Wildman–Crippen LogP) is 5.27. The van der Waals surface area contributed by atoms with Gasteiger partial charge in [0, 0.05) is 24.5 Å². The molecule has 7 heteroatoms. The molecule has 0 bridgehead atoms. The molecule has 3 rings (SSSR count). The van der Waals surface area contributed by atoms with Gasteiger partial charge in [0.25, 0.3) is 5.91 Å². The molecule has 3 aromatic rings. The Labute approximate surface area is 210 Å². The van der Waals surface area contributed by atoms with Crippen molar-refractivity contribution in [1.29, 1.82) is 0 Å². The summed E-state index contributed by atoms with van der Waals surface area (Å²) in [6.07, 6.45) is 0.316. The topological polar surface area (TPSA) is 58.6 Å². The second kappa shape index (κ2) is 12.9. The van der Waals surface area contributed by atoms with E-state index < -0.39 is 24.4 Å². The largest absolute Gasteiger partial charge is 0.481 e. The minimum atomic E-state index is -0.799. The Morgan fingerprint density at radius 3 is 2.34 bits per heavy atom. The quantitative estimate of drug-likeness (QED) is 0.393. The molecule has 0 saturated heterocycles. The van der Waals surface area contributed by atoms with Crippen LogP contribution in [-0.4, -0.2) is 35.9 Å². The second-order valence-electron chi connectivity index (χ2n) is 8.72. The van der Waals surface area contributed by atoms with Crippen LogP contribution < -0.4 is 10.1 Å². The summed E-state index contributed by atoms with van der Waals surface area (Å²) in [5, 5.41) is 3.49. The Balaban J connectivity index is 1.91. The minimum Gasteiger partial charge on any atom is -0.481 e. The Morgan fingerprint density at radius 1 is 0.971 bits per heavy atom. The molecule has 0 aromatic heterocycles. The number of ether oxygens (including phenoxy) is 1. The summed E-state index contributed by atoms with van der Waals surface area (Å²) in [7, 11) is 0. The summed E-state index contributed by atoms with van der Waals surface area (Å²) in [5.74, 6) is -1.03. The zero-order chi connectivity index (χ0) is 25.2. The standard InChI is InChI=1S/C28H30ClFN2O3/c1-20(2)17-31-28(34)25(16-21-9-4-3-5-10-21)32(18-22-11-8-12-23(29)15-22)27(33)19-35-26-14-7-6-13-24(26)30/h3-15,20,25H,16-19H2,1-2H3,(H,31,34). The average Bonchev–Trinajstić information content (AvgIpc) is 2.84. The number of nitrogens with one attached hydrogen (secondary N) is 1. The number of nitrogens with zero attached hydrogens (tertiary/aromatic N) is 1. The van der Waals surface area contributed by atoms with Crippen molar-refractivity contribution in [2.75, 3.05) is 13.2 Å². The van der Waals surface area contributed by atoms with Gasteiger partial charge in [-0.15, -0.1) is 0 Å². The highest BCUT2D eigenvalue weighted by Gasteiger charge is 2.31. The molecule has 0 heterocycles. The van der Waals surface area contributed by atoms with E-state index in [1.54, 1.807) is 30.3 Å². The lowest BCUT2D eigenvalue weighted by atomic mass is 10.0. The van der Waals surface area contributed by atoms with Crippen LogP contribution in [-0.2, 0) is 22.6 Å². The SMILES string of the molecule is CC(C)CNC(=O)C(Cc1ccccc1)N(Cc1cccc(Cl)c1)C(=O)COc1ccccc1F. The van der Waals surface area contributed by atoms with Crippen molar-refractivity contribution in [3.05, 3.63) is 101 Å². The Morgan fingerprint density at radius 2 is 1.66 bits per heavy atom. The average molecular weight is 497 g/mol. The fraction of sp³-hybridized carbons (Fsp3) is 0.286. The zero-order valence-electron chi connectivity index (χ0n) is 19.9. The van der Waals surface area contributed by atoms with Crippen molar-refractivity contribution in [3.8, 4) is 5.75 Å². The van der Waals surface area contributed by atoms with Crippen LogP contribution in [0.15, 0.2) is 78.9 Å². The zero-order valence-corrected chi connectivity index (χ0v) is 20.7. The minimum absolute atomic E-state index is 0.0209. The molecule has 3 aromatic carbocycles. The lowest BCUT2D eigenvalue weighted by Gasteiger charge is -2.31. The van der Waals surface area contributed by atoms with Crippen LogP contribution in [0.2, 0.25) is 5.02 Å². The molecule has 0 aliphatic rings. The van der Waals surface area contributed by atoms with Gasteiger partial charge in [-0.3, -0.25) is 9.59 Å². The highest BCUT2D eigenvalue weighted by atomic mass is 35.5. The number of para-hydroxylation sites is 1. The third kappa shape index (κ3) is 8.11. The van der Waals surface area contributed by atoms with Crippen LogP contribution in [0.25, 0.3) is 0 Å². The van der Waals surface area contributed by atoms with E-state index in [1.807, 2.05) is 50.2 Å². The van der Waals surface area contributed by atoms with E-state index >= 15 is 0 Å². The van der Waals surface area contributed by atoms with E-state index in [1.165, 1.54) is 17.0 Å². The number of benzene rings is 3.